The standard InChI is InChI=1S/C19H25NO3/c21-17-12-11-16(19(22)23)18(15-9-5-2-6-10-15)20(17)13-14-7-3-1-4-8-14/h2,5-6,9-10,14,16,18H,1,3-4,7-8,11-13H2,(H,22,23). The average molecular weight is 315 g/mol. The van der Waals surface area contributed by atoms with Gasteiger partial charge in [0.15, 0.2) is 0 Å². The number of hydrogen-bond acceptors (Lipinski definition) is 2. The lowest BCUT2D eigenvalue weighted by Crippen LogP contribution is -2.47. The molecule has 2 fully saturated rings. The summed E-state index contributed by atoms with van der Waals surface area (Å²) >= 11 is 0. The van der Waals surface area contributed by atoms with Gasteiger partial charge in [-0.1, -0.05) is 49.6 Å². The summed E-state index contributed by atoms with van der Waals surface area (Å²) in [5.41, 5.74) is 0.948. The van der Waals surface area contributed by atoms with Gasteiger partial charge in [0.1, 0.15) is 0 Å². The van der Waals surface area contributed by atoms with Gasteiger partial charge in [0.25, 0.3) is 0 Å². The van der Waals surface area contributed by atoms with E-state index in [1.165, 1.54) is 19.3 Å². The summed E-state index contributed by atoms with van der Waals surface area (Å²) in [7, 11) is 0. The van der Waals surface area contributed by atoms with Crippen LogP contribution in [0, 0.1) is 11.8 Å². The predicted molar refractivity (Wildman–Crippen MR) is 87.8 cm³/mol. The maximum atomic E-state index is 12.6. The molecule has 1 aromatic carbocycles. The zero-order chi connectivity index (χ0) is 16.2. The molecule has 1 heterocycles. The Morgan fingerprint density at radius 3 is 2.43 bits per heavy atom. The molecule has 4 nitrogen and oxygen atoms in total. The third-order valence-corrected chi connectivity index (χ3v) is 5.34. The third-order valence-electron chi connectivity index (χ3n) is 5.34. The Morgan fingerprint density at radius 2 is 1.78 bits per heavy atom. The predicted octanol–water partition coefficient (Wildman–Crippen LogP) is 3.63. The molecule has 3 rings (SSSR count). The van der Waals surface area contributed by atoms with Crippen molar-refractivity contribution in [3.8, 4) is 0 Å². The molecule has 1 saturated heterocycles. The fourth-order valence-corrected chi connectivity index (χ4v) is 4.14. The number of amides is 1. The molecular formula is C19H25NO3. The number of rotatable bonds is 4. The van der Waals surface area contributed by atoms with Crippen molar-refractivity contribution in [1.82, 2.24) is 4.90 Å². The Morgan fingerprint density at radius 1 is 1.09 bits per heavy atom. The van der Waals surface area contributed by atoms with Crippen LogP contribution in [0.15, 0.2) is 30.3 Å². The molecule has 124 valence electrons. The second-order valence-corrected chi connectivity index (χ2v) is 6.89. The van der Waals surface area contributed by atoms with Crippen LogP contribution in [-0.2, 0) is 9.59 Å². The van der Waals surface area contributed by atoms with Crippen LogP contribution in [0.1, 0.15) is 56.6 Å². The monoisotopic (exact) mass is 315 g/mol. The van der Waals surface area contributed by atoms with E-state index in [1.54, 1.807) is 0 Å². The number of benzene rings is 1. The number of nitrogens with zero attached hydrogens (tertiary/aromatic N) is 1. The van der Waals surface area contributed by atoms with Crippen molar-refractivity contribution < 1.29 is 14.7 Å². The van der Waals surface area contributed by atoms with Crippen molar-refractivity contribution >= 4 is 11.9 Å². The van der Waals surface area contributed by atoms with Crippen molar-refractivity contribution in [2.75, 3.05) is 6.54 Å². The molecule has 1 amide bonds. The minimum absolute atomic E-state index is 0.113. The second-order valence-electron chi connectivity index (χ2n) is 6.89. The van der Waals surface area contributed by atoms with Crippen LogP contribution in [0.4, 0.5) is 0 Å². The topological polar surface area (TPSA) is 57.6 Å². The van der Waals surface area contributed by atoms with Gasteiger partial charge in [-0.05, 0) is 30.7 Å². The lowest BCUT2D eigenvalue weighted by molar-refractivity contribution is -0.152. The number of carboxylic acids is 1. The van der Waals surface area contributed by atoms with Crippen LogP contribution < -0.4 is 0 Å². The third kappa shape index (κ3) is 3.57. The Bertz CT molecular complexity index is 551. The molecule has 4 heteroatoms. The normalized spacial score (nSPS) is 26.3. The van der Waals surface area contributed by atoms with Gasteiger partial charge in [-0.15, -0.1) is 0 Å². The molecule has 0 aromatic heterocycles. The summed E-state index contributed by atoms with van der Waals surface area (Å²) in [5.74, 6) is -0.660. The van der Waals surface area contributed by atoms with Gasteiger partial charge in [0, 0.05) is 13.0 Å². The Hall–Kier alpha value is -1.84. The second kappa shape index (κ2) is 7.16. The average Bonchev–Trinajstić information content (AvgIpc) is 2.58. The molecule has 2 unspecified atom stereocenters. The van der Waals surface area contributed by atoms with E-state index in [1.807, 2.05) is 35.2 Å². The molecule has 0 bridgehead atoms. The number of aliphatic carboxylic acids is 1. The van der Waals surface area contributed by atoms with Gasteiger partial charge in [0.05, 0.1) is 12.0 Å². The molecule has 0 spiro atoms. The van der Waals surface area contributed by atoms with Crippen molar-refractivity contribution in [2.24, 2.45) is 11.8 Å². The number of carbonyl (C=O) groups excluding carboxylic acids is 1. The minimum atomic E-state index is -0.792. The summed E-state index contributed by atoms with van der Waals surface area (Å²) in [6.07, 6.45) is 6.84. The first-order chi connectivity index (χ1) is 11.2. The highest BCUT2D eigenvalue weighted by Gasteiger charge is 2.41. The molecule has 1 saturated carbocycles. The van der Waals surface area contributed by atoms with Crippen molar-refractivity contribution in [2.45, 2.75) is 51.0 Å². The maximum Gasteiger partial charge on any atom is 0.308 e. The summed E-state index contributed by atoms with van der Waals surface area (Å²) in [5, 5.41) is 9.64. The molecule has 1 aliphatic heterocycles. The first-order valence-electron chi connectivity index (χ1n) is 8.74. The number of piperidine rings is 1. The smallest absolute Gasteiger partial charge is 0.308 e. The quantitative estimate of drug-likeness (QED) is 0.923. The van der Waals surface area contributed by atoms with Gasteiger partial charge < -0.3 is 10.0 Å². The molecular weight excluding hydrogens is 290 g/mol. The van der Waals surface area contributed by atoms with E-state index in [0.29, 0.717) is 25.3 Å². The van der Waals surface area contributed by atoms with E-state index >= 15 is 0 Å². The summed E-state index contributed by atoms with van der Waals surface area (Å²) in [6, 6.07) is 9.35. The highest BCUT2D eigenvalue weighted by molar-refractivity contribution is 5.81. The first-order valence-corrected chi connectivity index (χ1v) is 8.74. The fraction of sp³-hybridized carbons (Fsp3) is 0.579. The fourth-order valence-electron chi connectivity index (χ4n) is 4.14. The molecule has 1 aromatic rings. The van der Waals surface area contributed by atoms with Gasteiger partial charge in [0.2, 0.25) is 5.91 Å². The molecule has 2 aliphatic rings. The van der Waals surface area contributed by atoms with Crippen LogP contribution in [-0.4, -0.2) is 28.4 Å². The van der Waals surface area contributed by atoms with E-state index in [-0.39, 0.29) is 11.9 Å². The molecule has 1 N–H and O–H groups in total. The lowest BCUT2D eigenvalue weighted by Gasteiger charge is -2.42. The molecule has 1 aliphatic carbocycles. The van der Waals surface area contributed by atoms with Crippen LogP contribution in [0.2, 0.25) is 0 Å². The van der Waals surface area contributed by atoms with Crippen LogP contribution in [0.3, 0.4) is 0 Å². The number of carbonyl (C=O) groups is 2. The van der Waals surface area contributed by atoms with E-state index < -0.39 is 11.9 Å². The van der Waals surface area contributed by atoms with Crippen LogP contribution >= 0.6 is 0 Å². The molecule has 23 heavy (non-hydrogen) atoms. The van der Waals surface area contributed by atoms with Gasteiger partial charge in [-0.3, -0.25) is 9.59 Å². The van der Waals surface area contributed by atoms with Crippen molar-refractivity contribution in [1.29, 1.82) is 0 Å². The summed E-state index contributed by atoms with van der Waals surface area (Å²) in [6.45, 7) is 0.710. The maximum absolute atomic E-state index is 12.6. The number of hydrogen-bond donors (Lipinski definition) is 1. The Kier molecular flexibility index (Phi) is 4.99. The van der Waals surface area contributed by atoms with Gasteiger partial charge in [-0.25, -0.2) is 0 Å². The number of likely N-dealkylation sites (tertiary alicyclic amines) is 1. The lowest BCUT2D eigenvalue weighted by atomic mass is 9.82. The highest BCUT2D eigenvalue weighted by Crippen LogP contribution is 2.38. The minimum Gasteiger partial charge on any atom is -0.481 e. The Labute approximate surface area is 137 Å². The largest absolute Gasteiger partial charge is 0.481 e. The summed E-state index contributed by atoms with van der Waals surface area (Å²) < 4.78 is 0. The van der Waals surface area contributed by atoms with Gasteiger partial charge in [-0.2, -0.15) is 0 Å². The zero-order valence-electron chi connectivity index (χ0n) is 13.5. The van der Waals surface area contributed by atoms with Crippen molar-refractivity contribution in [3.63, 3.8) is 0 Å². The van der Waals surface area contributed by atoms with Gasteiger partial charge >= 0.3 is 5.97 Å². The zero-order valence-corrected chi connectivity index (χ0v) is 13.5. The number of carboxylic acid groups (broad SMARTS) is 1. The van der Waals surface area contributed by atoms with Crippen LogP contribution in [0.5, 0.6) is 0 Å². The Balaban J connectivity index is 1.87. The van der Waals surface area contributed by atoms with E-state index in [9.17, 15) is 14.7 Å². The SMILES string of the molecule is O=C(O)C1CCC(=O)N(CC2CCCCC2)C1c1ccccc1. The molecule has 0 radical (unpaired) electrons. The van der Waals surface area contributed by atoms with E-state index in [0.717, 1.165) is 18.4 Å². The highest BCUT2D eigenvalue weighted by atomic mass is 16.4. The molecule has 2 atom stereocenters. The first kappa shape index (κ1) is 16.0. The summed E-state index contributed by atoms with van der Waals surface area (Å²) in [4.78, 5) is 26.2. The van der Waals surface area contributed by atoms with Crippen LogP contribution in [0.25, 0.3) is 0 Å². The van der Waals surface area contributed by atoms with E-state index in [4.69, 9.17) is 0 Å². The van der Waals surface area contributed by atoms with E-state index in [2.05, 4.69) is 0 Å². The van der Waals surface area contributed by atoms with Crippen molar-refractivity contribution in [3.05, 3.63) is 35.9 Å².